The van der Waals surface area contributed by atoms with Gasteiger partial charge in [-0.3, -0.25) is 0 Å². The topological polar surface area (TPSA) is 1030 Å². The number of aliphatic hydroxyl groups is 39. The van der Waals surface area contributed by atoms with Gasteiger partial charge in [-0.1, -0.05) is 0 Å². The first-order valence-electron chi connectivity index (χ1n) is 45.7. The molecule has 0 aromatic rings. The van der Waals surface area contributed by atoms with Crippen LogP contribution in [0.25, 0.3) is 0 Å². The van der Waals surface area contributed by atoms with Crippen molar-refractivity contribution in [2.75, 3.05) is 85.9 Å². The molecule has 0 radical (unpaired) electrons. The first kappa shape index (κ1) is 116. The van der Waals surface area contributed by atoms with E-state index in [4.69, 9.17) is 123 Å². The van der Waals surface area contributed by atoms with Crippen LogP contribution in [-0.2, 0) is 123 Å². The summed E-state index contributed by atoms with van der Waals surface area (Å²) >= 11 is 0. The van der Waals surface area contributed by atoms with Gasteiger partial charge in [0.05, 0.1) is 85.9 Å². The van der Waals surface area contributed by atoms with Crippen molar-refractivity contribution >= 4 is 0 Å². The maximum Gasteiger partial charge on any atom is 0.187 e. The van der Waals surface area contributed by atoms with Gasteiger partial charge in [-0.15, -0.1) is 0 Å². The molecular weight excluding hydrogens is 1980 g/mol. The minimum atomic E-state index is -2.21. The molecule has 65 nitrogen and oxygen atoms in total. The summed E-state index contributed by atoms with van der Waals surface area (Å²) in [5, 5.41) is 426. The summed E-state index contributed by atoms with van der Waals surface area (Å²) in [6.07, 6.45) is -129. The molecule has 26 bridgehead atoms. The predicted octanol–water partition coefficient (Wildman–Crippen LogP) is -28.3. The first-order valence-corrected chi connectivity index (χ1v) is 45.7. The molecular formula is C78H130O65. The van der Waals surface area contributed by atoms with Crippen LogP contribution in [0.3, 0.4) is 0 Å². The second-order valence-electron chi connectivity index (χ2n) is 36.5. The van der Waals surface area contributed by atoms with Gasteiger partial charge in [0.15, 0.2) is 81.8 Å². The molecule has 43 aliphatic heterocycles. The van der Waals surface area contributed by atoms with Crippen LogP contribution in [0.5, 0.6) is 0 Å². The molecule has 43 saturated heterocycles. The molecule has 65 atom stereocenters. The van der Waals surface area contributed by atoms with Crippen LogP contribution in [0.2, 0.25) is 0 Å². The van der Waals surface area contributed by atoms with Gasteiger partial charge >= 0.3 is 0 Å². The molecule has 143 heavy (non-hydrogen) atoms. The quantitative estimate of drug-likeness (QED) is 0.0814. The summed E-state index contributed by atoms with van der Waals surface area (Å²) in [4.78, 5) is 0. The minimum absolute atomic E-state index is 0.999. The van der Waals surface area contributed by atoms with Crippen molar-refractivity contribution in [3.63, 3.8) is 0 Å². The minimum Gasteiger partial charge on any atom is -0.394 e. The van der Waals surface area contributed by atoms with Crippen LogP contribution in [-0.4, -0.2) is 684 Å². The maximum atomic E-state index is 11.3. The first-order chi connectivity index (χ1) is 68.1. The molecule has 832 valence electrons. The molecule has 19 unspecified atom stereocenters. The molecule has 0 aliphatic carbocycles. The van der Waals surface area contributed by atoms with E-state index in [0.29, 0.717) is 0 Å². The van der Waals surface area contributed by atoms with Crippen molar-refractivity contribution in [3.05, 3.63) is 0 Å². The van der Waals surface area contributed by atoms with Gasteiger partial charge in [0.2, 0.25) is 0 Å². The van der Waals surface area contributed by atoms with Crippen LogP contribution in [0.15, 0.2) is 0 Å². The molecule has 43 fully saturated rings. The fraction of sp³-hybridized carbons (Fsp3) is 1.00. The molecule has 43 heterocycles. The highest BCUT2D eigenvalue weighted by Crippen LogP contribution is 2.44. The van der Waals surface area contributed by atoms with Crippen LogP contribution in [0.1, 0.15) is 0 Å². The van der Waals surface area contributed by atoms with Gasteiger partial charge in [-0.25, -0.2) is 0 Å². The lowest BCUT2D eigenvalue weighted by Gasteiger charge is -2.50. The van der Waals surface area contributed by atoms with E-state index >= 15 is 0 Å². The van der Waals surface area contributed by atoms with Crippen molar-refractivity contribution in [2.24, 2.45) is 0 Å². The van der Waals surface area contributed by atoms with E-state index in [1.165, 1.54) is 0 Å². The standard InChI is InChI=1S/C42H70O35.C36H60O30/c43-1-8-29-15(50)22(57)36(64-8)72-30-9(2-44)66-38(24(59)17(30)52)74-32-11(4-46)68-40(26(61)19(32)54)76-34-13(6-48)70-42(28(63)21(34)56)77-35-14(7-49)69-41(27(62)20(35)55)75-33-12(5-47)67-39(25(60)18(33)53)73-31-10(3-45)65-37(71-29)23(58)16(31)51;37-1-7-25-13(43)19(49)31(55-7)62-26-8(2-38)57-33(21(51)15(26)45)64-28-10(4-40)59-35(23(53)17(28)47)66-30-12(6-42)60-36(24(54)18(30)48)65-29-11(5-41)58-34(22(52)16(29)46)63-27-9(3-39)56-32(61-25)20(50)14(27)44/h8-63H,1-7H2;7-54H,1-6H2/t8-,9-,10-,11-,12-,13-,14-,15-,16-,17-,18-,19-,20-,21-,22-,23-,24-,25-,26-,27-,28?,29+,30+,31+,32+,33-,34-,35+,36?,37?,38?,39?,40?,41?,42?;7-,8-,9-,10-,11-,12-,13-,14-,15-,16-,17-,18-,19-,20-,21-,22-,23-,24?,25?,26?,27-,28?,29?,30-,31?,32?,33?,34?,35?,36?/m11/s1. The highest BCUT2D eigenvalue weighted by molar-refractivity contribution is 5.07. The average molecular weight is 2110 g/mol. The Morgan fingerprint density at radius 1 is 0.0839 bits per heavy atom. The van der Waals surface area contributed by atoms with E-state index in [-0.39, 0.29) is 0 Å². The van der Waals surface area contributed by atoms with E-state index in [1.54, 1.807) is 0 Å². The van der Waals surface area contributed by atoms with Gasteiger partial charge in [0, 0.05) is 0 Å². The molecule has 0 saturated carbocycles. The lowest BCUT2D eigenvalue weighted by molar-refractivity contribution is -0.404. The summed E-state index contributed by atoms with van der Waals surface area (Å²) in [7, 11) is 0. The highest BCUT2D eigenvalue weighted by atomic mass is 16.8. The van der Waals surface area contributed by atoms with Gasteiger partial charge in [0.1, 0.15) is 317 Å². The Morgan fingerprint density at radius 2 is 0.140 bits per heavy atom. The Hall–Kier alpha value is -2.60. The fourth-order valence-corrected chi connectivity index (χ4v) is 19.3. The zero-order valence-corrected chi connectivity index (χ0v) is 74.8. The molecule has 0 aromatic heterocycles. The monoisotopic (exact) mass is 2110 g/mol. The highest BCUT2D eigenvalue weighted by Gasteiger charge is 2.65. The van der Waals surface area contributed by atoms with E-state index in [9.17, 15) is 199 Å². The third kappa shape index (κ3) is 23.4. The SMILES string of the molecule is OC[C@H]1OC2O[C@H]3[C@H](O)[C@@H](O)C(OC4[C@@H](CO)OC(OC5[C@@H](CO)OC(OC6[C@@H](CO)OC(O[C@H]7[C@H](O)C(O)C(OC1[C@H](O)[C@H]2O)O[C@@H]7CO)[C@H](O)[C@H]6O)[C@H](O)[C@H]5O)[C@H](O)[C@H]4O)O[C@@H]3CO.OC[C@H]1OC2O[C@H]3[C@H](O)[C@@H](O)C(O[C@@H]4[C@H](O)[C@@H](O)C(O[C@@H]5[C@H](O)[C@@H](O)C(O[C@@H]6[C@H](O)[C@@H](O)C(O[C@@H]7[C@H](O)[C@@H](O)C(O[C@H]8[C@H](O)C(O)C(O[C@@H]1[C@H](O)[C@H]2O)O[C@@H]8CO)O[C@@H]7CO)O[C@@H]6CO)O[C@@H]5CO)O[C@@H]4CO)O[C@@H]3CO. The number of rotatable bonds is 13. The Balaban J connectivity index is 0.000000230. The van der Waals surface area contributed by atoms with E-state index in [2.05, 4.69) is 0 Å². The Labute approximate surface area is 805 Å². The summed E-state index contributed by atoms with van der Waals surface area (Å²) in [5.41, 5.74) is 0. The average Bonchev–Trinajstić information content (AvgIpc) is 0.870. The molecule has 65 heteroatoms. The van der Waals surface area contributed by atoms with E-state index in [0.717, 1.165) is 0 Å². The number of aliphatic hydroxyl groups excluding tert-OH is 39. The third-order valence-corrected chi connectivity index (χ3v) is 27.5. The van der Waals surface area contributed by atoms with Gasteiger partial charge in [0.25, 0.3) is 0 Å². The fourth-order valence-electron chi connectivity index (χ4n) is 19.3. The number of ether oxygens (including phenoxy) is 26. The Kier molecular flexibility index (Phi) is 40.4. The normalized spacial score (nSPS) is 55.4. The predicted molar refractivity (Wildman–Crippen MR) is 424 cm³/mol. The zero-order valence-electron chi connectivity index (χ0n) is 74.8. The van der Waals surface area contributed by atoms with Crippen LogP contribution >= 0.6 is 0 Å². The molecule has 0 spiro atoms. The van der Waals surface area contributed by atoms with Crippen molar-refractivity contribution in [2.45, 2.75) is 399 Å². The molecule has 43 aliphatic rings. The molecule has 0 amide bonds. The number of hydrogen-bond donors (Lipinski definition) is 39. The van der Waals surface area contributed by atoms with Gasteiger partial charge < -0.3 is 322 Å². The van der Waals surface area contributed by atoms with Gasteiger partial charge in [-0.2, -0.15) is 0 Å². The molecule has 0 aromatic carbocycles. The Morgan fingerprint density at radius 3 is 0.189 bits per heavy atom. The summed E-state index contributed by atoms with van der Waals surface area (Å²) in [6, 6.07) is 0. The summed E-state index contributed by atoms with van der Waals surface area (Å²) in [5.74, 6) is 0. The van der Waals surface area contributed by atoms with Crippen LogP contribution in [0, 0.1) is 0 Å². The third-order valence-electron chi connectivity index (χ3n) is 27.5. The smallest absolute Gasteiger partial charge is 0.187 e. The van der Waals surface area contributed by atoms with E-state index in [1.807, 2.05) is 0 Å². The van der Waals surface area contributed by atoms with Gasteiger partial charge in [-0.05, 0) is 0 Å². The Bertz CT molecular complexity index is 3170. The number of hydrogen-bond acceptors (Lipinski definition) is 65. The second-order valence-corrected chi connectivity index (χ2v) is 36.5. The van der Waals surface area contributed by atoms with E-state index < -0.39 is 485 Å². The molecule has 43 rings (SSSR count). The van der Waals surface area contributed by atoms with Crippen molar-refractivity contribution < 1.29 is 322 Å². The molecule has 39 N–H and O–H groups in total. The van der Waals surface area contributed by atoms with Crippen LogP contribution < -0.4 is 0 Å². The summed E-state index contributed by atoms with van der Waals surface area (Å²) < 4.78 is 147. The van der Waals surface area contributed by atoms with Crippen molar-refractivity contribution in [1.82, 2.24) is 0 Å². The second kappa shape index (κ2) is 49.9. The maximum absolute atomic E-state index is 11.3. The lowest BCUT2D eigenvalue weighted by Crippen LogP contribution is -2.69. The van der Waals surface area contributed by atoms with Crippen molar-refractivity contribution in [1.29, 1.82) is 0 Å². The van der Waals surface area contributed by atoms with Crippen molar-refractivity contribution in [3.8, 4) is 0 Å². The van der Waals surface area contributed by atoms with Crippen LogP contribution in [0.4, 0.5) is 0 Å². The largest absolute Gasteiger partial charge is 0.394 e. The zero-order chi connectivity index (χ0) is 104. The lowest BCUT2D eigenvalue weighted by atomic mass is 9.94. The summed E-state index contributed by atoms with van der Waals surface area (Å²) in [6.45, 7) is -13.3.